The lowest BCUT2D eigenvalue weighted by atomic mass is 9.86. The third kappa shape index (κ3) is 10.3. The molecule has 2 aromatic carbocycles. The van der Waals surface area contributed by atoms with Gasteiger partial charge < -0.3 is 39.7 Å². The van der Waals surface area contributed by atoms with E-state index in [1.54, 1.807) is 49.9 Å². The maximum absolute atomic E-state index is 14.2. The van der Waals surface area contributed by atoms with Crippen LogP contribution in [0.4, 0.5) is 0 Å². The molecule has 0 spiro atoms. The summed E-state index contributed by atoms with van der Waals surface area (Å²) in [6.07, 6.45) is 13.7. The van der Waals surface area contributed by atoms with Crippen LogP contribution in [0, 0.1) is 22.7 Å². The maximum atomic E-state index is 14.2. The van der Waals surface area contributed by atoms with Gasteiger partial charge in [-0.25, -0.2) is 16.8 Å². The van der Waals surface area contributed by atoms with Crippen molar-refractivity contribution in [2.75, 3.05) is 52.6 Å². The third-order valence-corrected chi connectivity index (χ3v) is 23.8. The predicted molar refractivity (Wildman–Crippen MR) is 284 cm³/mol. The number of ether oxygens (including phenoxy) is 2. The zero-order valence-electron chi connectivity index (χ0n) is 42.3. The highest BCUT2D eigenvalue weighted by Gasteiger charge is 2.66. The summed E-state index contributed by atoms with van der Waals surface area (Å²) in [7, 11) is -7.75. The number of rotatable bonds is 13. The Morgan fingerprint density at radius 3 is 1.43 bits per heavy atom. The van der Waals surface area contributed by atoms with Gasteiger partial charge in [-0.15, -0.1) is 0 Å². The Kier molecular flexibility index (Phi) is 15.4. The zero-order chi connectivity index (χ0) is 51.3. The summed E-state index contributed by atoms with van der Waals surface area (Å²) in [4.78, 5) is 34.4. The molecule has 4 saturated carbocycles. The van der Waals surface area contributed by atoms with Gasteiger partial charge in [0, 0.05) is 64.2 Å². The van der Waals surface area contributed by atoms with E-state index in [0.717, 1.165) is 77.3 Å². The lowest BCUT2D eigenvalue weighted by Crippen LogP contribution is -2.63. The van der Waals surface area contributed by atoms with E-state index in [9.17, 15) is 36.6 Å². The van der Waals surface area contributed by atoms with Crippen molar-refractivity contribution in [3.63, 3.8) is 0 Å². The Labute approximate surface area is 454 Å². The number of halogens is 2. The molecule has 6 unspecified atom stereocenters. The monoisotopic (exact) mass is 1120 g/mol. The summed E-state index contributed by atoms with van der Waals surface area (Å²) < 4.78 is 71.5. The number of carbonyl (C=O) groups is 2. The molecular weight excluding hydrogens is 1040 g/mol. The summed E-state index contributed by atoms with van der Waals surface area (Å²) in [5.74, 6) is 0.0308. The summed E-state index contributed by atoms with van der Waals surface area (Å²) >= 11 is 12.1. The first-order valence-corrected chi connectivity index (χ1v) is 31.4. The fourth-order valence-corrected chi connectivity index (χ4v) is 18.8. The van der Waals surface area contributed by atoms with Crippen LogP contribution in [0.5, 0.6) is 0 Å². The second kappa shape index (κ2) is 21.2. The molecule has 75 heavy (non-hydrogen) atoms. The number of piperidine rings is 2. The smallest absolute Gasteiger partial charge is 0.252 e. The van der Waals surface area contributed by atoms with Crippen molar-refractivity contribution in [2.45, 2.75) is 193 Å². The first kappa shape index (κ1) is 54.5. The number of aliphatic hydroxyl groups excluding tert-OH is 2. The first-order chi connectivity index (χ1) is 35.6. The van der Waals surface area contributed by atoms with Crippen LogP contribution in [-0.2, 0) is 39.1 Å². The molecular formula is C55H78Cl2N6O10S2. The molecule has 11 aliphatic rings. The van der Waals surface area contributed by atoms with Gasteiger partial charge in [-0.2, -0.15) is 8.61 Å². The topological polar surface area (TPSA) is 190 Å². The fourth-order valence-electron chi connectivity index (χ4n) is 14.7. The van der Waals surface area contributed by atoms with Crippen LogP contribution in [0.1, 0.15) is 117 Å². The number of hydrogen-bond donors (Lipinski definition) is 3. The summed E-state index contributed by atoms with van der Waals surface area (Å²) in [5.41, 5.74) is -1.62. The molecule has 0 radical (unpaired) electrons. The van der Waals surface area contributed by atoms with Gasteiger partial charge in [0.2, 0.25) is 20.0 Å². The number of morpholine rings is 2. The average molecular weight is 1120 g/mol. The molecule has 7 aliphatic heterocycles. The van der Waals surface area contributed by atoms with Crippen molar-refractivity contribution in [3.05, 3.63) is 58.6 Å². The van der Waals surface area contributed by atoms with E-state index in [0.29, 0.717) is 68.1 Å². The molecule has 4 bridgehead atoms. The van der Waals surface area contributed by atoms with Crippen LogP contribution < -0.4 is 5.32 Å². The second-order valence-corrected chi connectivity index (χ2v) is 28.6. The van der Waals surface area contributed by atoms with Gasteiger partial charge in [-0.3, -0.25) is 9.59 Å². The van der Waals surface area contributed by atoms with Gasteiger partial charge in [0.1, 0.15) is 12.2 Å². The highest BCUT2D eigenvalue weighted by Crippen LogP contribution is 2.59. The van der Waals surface area contributed by atoms with Crippen LogP contribution in [0.15, 0.2) is 58.3 Å². The van der Waals surface area contributed by atoms with Crippen molar-refractivity contribution in [1.29, 1.82) is 0 Å². The Balaban J connectivity index is 0.000000160. The first-order valence-electron chi connectivity index (χ1n) is 27.8. The number of piperazine rings is 1. The molecule has 3 N–H and O–H groups in total. The van der Waals surface area contributed by atoms with Crippen molar-refractivity contribution in [1.82, 2.24) is 28.6 Å². The van der Waals surface area contributed by atoms with Gasteiger partial charge in [-0.05, 0) is 176 Å². The second-order valence-electron chi connectivity index (χ2n) is 24.0. The predicted octanol–water partition coefficient (Wildman–Crippen LogP) is 5.91. The fraction of sp³-hybridized carbons (Fsp3) is 0.745. The molecule has 10 atom stereocenters. The maximum Gasteiger partial charge on any atom is 0.252 e. The van der Waals surface area contributed by atoms with Gasteiger partial charge >= 0.3 is 0 Å². The van der Waals surface area contributed by atoms with Crippen LogP contribution in [0.2, 0.25) is 10.0 Å². The quantitative estimate of drug-likeness (QED) is 0.216. The van der Waals surface area contributed by atoms with E-state index >= 15 is 0 Å². The number of sulfonamides is 2. The molecule has 20 heteroatoms. The number of aliphatic hydroxyl groups is 2. The number of fused-ring (bicyclic) bond motifs is 4. The highest BCUT2D eigenvalue weighted by atomic mass is 35.5. The van der Waals surface area contributed by atoms with Crippen LogP contribution in [0.25, 0.3) is 0 Å². The molecule has 2 amide bonds. The van der Waals surface area contributed by atoms with Gasteiger partial charge in [0.15, 0.2) is 0 Å². The number of likely N-dealkylation sites (tertiary alicyclic amines) is 2. The molecule has 414 valence electrons. The molecule has 7 heterocycles. The number of nitrogens with one attached hydrogen (secondary N) is 1. The standard InChI is InChI=1S/C30H42ClN3O5S.C24H32ClN3O5S.CH4/c31-21-6-10-25(11-7-21)40(37,38)34-26(20-4-5-20)18-39-19-27(34)30(12-13-30)28(35)29(36)33-22-8-9-23(33)17-24(16-22)32-14-2-1-3-15-32;25-16-3-7-19(8-4-16)34(31,32)28-20(15-1-2-15)13-33-14-21(28)24(9-10-24)22(29)23(30)27-11-17-5-6-18(12-27)26-17;/h6-7,10-11,20,22-24,26-28,35H,1-5,8-9,12-19H2;3-4,7-8,15,17-18,20-22,26,29H,1-2,5-6,9-14H2;1H4/t22?,23?,24?,26-,27+,28?;17?,18?,20-,21+,22?;/m00./s1. The lowest BCUT2D eigenvalue weighted by Gasteiger charge is -2.48. The minimum absolute atomic E-state index is 0. The molecule has 0 aromatic heterocycles. The number of nitrogens with zero attached hydrogens (tertiary/aromatic N) is 5. The Morgan fingerprint density at radius 1 is 0.587 bits per heavy atom. The highest BCUT2D eigenvalue weighted by molar-refractivity contribution is 7.89. The van der Waals surface area contributed by atoms with E-state index in [2.05, 4.69) is 10.2 Å². The minimum Gasteiger partial charge on any atom is -0.383 e. The van der Waals surface area contributed by atoms with Crippen LogP contribution in [-0.4, -0.2) is 181 Å². The Bertz CT molecular complexity index is 2610. The van der Waals surface area contributed by atoms with E-state index < -0.39 is 55.2 Å². The van der Waals surface area contributed by atoms with Gasteiger partial charge in [0.25, 0.3) is 11.8 Å². The van der Waals surface area contributed by atoms with Crippen molar-refractivity contribution in [2.24, 2.45) is 22.7 Å². The molecule has 16 nitrogen and oxygen atoms in total. The zero-order valence-corrected chi connectivity index (χ0v) is 45.4. The normalized spacial score (nSPS) is 34.4. The Morgan fingerprint density at radius 2 is 1.01 bits per heavy atom. The number of benzene rings is 2. The summed E-state index contributed by atoms with van der Waals surface area (Å²) in [5, 5.41) is 27.7. The number of amides is 2. The lowest BCUT2D eigenvalue weighted by molar-refractivity contribution is -0.154. The van der Waals surface area contributed by atoms with E-state index in [1.807, 2.05) is 4.90 Å². The largest absolute Gasteiger partial charge is 0.383 e. The summed E-state index contributed by atoms with van der Waals surface area (Å²) in [6, 6.07) is 12.3. The van der Waals surface area contributed by atoms with Crippen LogP contribution >= 0.6 is 23.2 Å². The van der Waals surface area contributed by atoms with E-state index in [1.165, 1.54) is 31.4 Å². The van der Waals surface area contributed by atoms with Crippen molar-refractivity contribution < 1.29 is 46.1 Å². The number of hydrogen-bond acceptors (Lipinski definition) is 12. The van der Waals surface area contributed by atoms with Crippen molar-refractivity contribution >= 4 is 55.1 Å². The van der Waals surface area contributed by atoms with Gasteiger partial charge in [-0.1, -0.05) is 37.0 Å². The van der Waals surface area contributed by atoms with Crippen molar-refractivity contribution in [3.8, 4) is 0 Å². The van der Waals surface area contributed by atoms with Gasteiger partial charge in [0.05, 0.1) is 60.4 Å². The van der Waals surface area contributed by atoms with E-state index in [-0.39, 0.29) is 90.3 Å². The molecule has 7 saturated heterocycles. The number of carbonyl (C=O) groups excluding carboxylic acids is 2. The molecule has 4 aliphatic carbocycles. The SMILES string of the molecule is C.O=C(C(O)C1([C@H]2COC[C@@H](C3CC3)N2S(=O)(=O)c2ccc(Cl)cc2)CC1)N1C2CCC1CC(N1CCCCC1)C2.O=C(C(O)C1([C@H]2COC[C@@H](C3CC3)N2S(=O)(=O)c2ccc(Cl)cc2)CC1)N1CC2CCC(C1)N2. The molecule has 11 fully saturated rings. The van der Waals surface area contributed by atoms with E-state index in [4.69, 9.17) is 32.7 Å². The average Bonchev–Trinajstić information content (AvgIpc) is 4.22. The van der Waals surface area contributed by atoms with Crippen LogP contribution in [0.3, 0.4) is 0 Å². The summed E-state index contributed by atoms with van der Waals surface area (Å²) in [6.45, 7) is 4.59. The molecule has 13 rings (SSSR count). The Hall–Kier alpha value is -2.46. The minimum atomic E-state index is -3.89. The molecule has 2 aromatic rings. The third-order valence-electron chi connectivity index (χ3n) is 19.4.